The van der Waals surface area contributed by atoms with Crippen LogP contribution >= 0.6 is 11.6 Å². The highest BCUT2D eigenvalue weighted by molar-refractivity contribution is 6.30. The highest BCUT2D eigenvalue weighted by Crippen LogP contribution is 2.23. The van der Waals surface area contributed by atoms with Gasteiger partial charge in [0.05, 0.1) is 6.04 Å². The van der Waals surface area contributed by atoms with Crippen LogP contribution in [-0.2, 0) is 4.79 Å². The van der Waals surface area contributed by atoms with Gasteiger partial charge in [-0.2, -0.15) is 0 Å². The third kappa shape index (κ3) is 5.68. The first-order chi connectivity index (χ1) is 15.6. The summed E-state index contributed by atoms with van der Waals surface area (Å²) in [6.07, 6.45) is 5.18. The van der Waals surface area contributed by atoms with Crippen molar-refractivity contribution in [3.63, 3.8) is 0 Å². The molecule has 6 heteroatoms. The number of halogens is 1. The van der Waals surface area contributed by atoms with E-state index in [0.29, 0.717) is 5.02 Å². The molecule has 0 aliphatic carbocycles. The molecule has 3 aromatic rings. The number of pyridine rings is 1. The van der Waals surface area contributed by atoms with E-state index in [-0.39, 0.29) is 11.9 Å². The predicted molar refractivity (Wildman–Crippen MR) is 132 cm³/mol. The molecule has 0 radical (unpaired) electrons. The van der Waals surface area contributed by atoms with Crippen LogP contribution < -0.4 is 15.1 Å². The van der Waals surface area contributed by atoms with Crippen LogP contribution in [0.2, 0.25) is 5.02 Å². The molecule has 1 fully saturated rings. The standard InChI is InChI=1S/C26H27ClN4O/c1-20(29-26(32)13-10-21-8-11-23(27)12-9-21)22-5-4-6-24(19-22)30-15-17-31(18-16-30)25-7-2-3-14-28-25/h2-14,19-20H,15-18H2,1H3,(H,29,32)/b13-10+/t20-/m0/s1. The Kier molecular flexibility index (Phi) is 7.07. The monoisotopic (exact) mass is 446 g/mol. The number of nitrogens with zero attached hydrogens (tertiary/aromatic N) is 3. The van der Waals surface area contributed by atoms with Crippen LogP contribution in [-0.4, -0.2) is 37.1 Å². The maximum Gasteiger partial charge on any atom is 0.244 e. The third-order valence-electron chi connectivity index (χ3n) is 5.64. The van der Waals surface area contributed by atoms with E-state index in [9.17, 15) is 4.79 Å². The summed E-state index contributed by atoms with van der Waals surface area (Å²) in [5.41, 5.74) is 3.20. The van der Waals surface area contributed by atoms with Crippen LogP contribution in [0.4, 0.5) is 11.5 Å². The van der Waals surface area contributed by atoms with Gasteiger partial charge in [-0.15, -0.1) is 0 Å². The Hall–Kier alpha value is -3.31. The fraction of sp³-hybridized carbons (Fsp3) is 0.231. The van der Waals surface area contributed by atoms with E-state index in [1.807, 2.05) is 49.5 Å². The molecular weight excluding hydrogens is 420 g/mol. The quantitative estimate of drug-likeness (QED) is 0.544. The largest absolute Gasteiger partial charge is 0.368 e. The molecule has 1 amide bonds. The van der Waals surface area contributed by atoms with Crippen LogP contribution in [0.5, 0.6) is 0 Å². The van der Waals surface area contributed by atoms with Crippen molar-refractivity contribution in [1.82, 2.24) is 10.3 Å². The Morgan fingerprint density at radius 1 is 1.00 bits per heavy atom. The lowest BCUT2D eigenvalue weighted by atomic mass is 10.1. The molecule has 0 spiro atoms. The maximum absolute atomic E-state index is 12.4. The Bertz CT molecular complexity index is 1060. The molecule has 1 aromatic heterocycles. The number of hydrogen-bond donors (Lipinski definition) is 1. The molecule has 0 unspecified atom stereocenters. The molecule has 5 nitrogen and oxygen atoms in total. The van der Waals surface area contributed by atoms with Gasteiger partial charge in [-0.25, -0.2) is 4.98 Å². The normalized spacial score (nSPS) is 15.1. The van der Waals surface area contributed by atoms with Crippen molar-refractivity contribution in [2.75, 3.05) is 36.0 Å². The summed E-state index contributed by atoms with van der Waals surface area (Å²) in [6, 6.07) is 21.7. The van der Waals surface area contributed by atoms with Crippen molar-refractivity contribution in [1.29, 1.82) is 0 Å². The highest BCUT2D eigenvalue weighted by atomic mass is 35.5. The molecule has 1 saturated heterocycles. The number of anilines is 2. The number of hydrogen-bond acceptors (Lipinski definition) is 4. The minimum Gasteiger partial charge on any atom is -0.368 e. The lowest BCUT2D eigenvalue weighted by molar-refractivity contribution is -0.117. The van der Waals surface area contributed by atoms with Crippen LogP contribution in [0.15, 0.2) is 79.0 Å². The summed E-state index contributed by atoms with van der Waals surface area (Å²) in [5.74, 6) is 0.908. The van der Waals surface area contributed by atoms with Gasteiger partial charge in [0.2, 0.25) is 5.91 Å². The smallest absolute Gasteiger partial charge is 0.244 e. The lowest BCUT2D eigenvalue weighted by Gasteiger charge is -2.37. The van der Waals surface area contributed by atoms with Gasteiger partial charge in [0.15, 0.2) is 0 Å². The Morgan fingerprint density at radius 3 is 2.47 bits per heavy atom. The number of amides is 1. The molecule has 32 heavy (non-hydrogen) atoms. The van der Waals surface area contributed by atoms with Gasteiger partial charge in [-0.1, -0.05) is 41.9 Å². The van der Waals surface area contributed by atoms with E-state index in [4.69, 9.17) is 11.6 Å². The second kappa shape index (κ2) is 10.3. The van der Waals surface area contributed by atoms with E-state index in [1.165, 1.54) is 5.69 Å². The maximum atomic E-state index is 12.4. The molecule has 4 rings (SSSR count). The van der Waals surface area contributed by atoms with Gasteiger partial charge in [-0.3, -0.25) is 4.79 Å². The van der Waals surface area contributed by atoms with Gasteiger partial charge in [0, 0.05) is 49.2 Å². The molecule has 0 saturated carbocycles. The number of nitrogens with one attached hydrogen (secondary N) is 1. The van der Waals surface area contributed by atoms with E-state index < -0.39 is 0 Å². The zero-order valence-corrected chi connectivity index (χ0v) is 18.9. The minimum atomic E-state index is -0.123. The Morgan fingerprint density at radius 2 is 1.75 bits per heavy atom. The second-order valence-corrected chi connectivity index (χ2v) is 8.31. The number of benzene rings is 2. The predicted octanol–water partition coefficient (Wildman–Crippen LogP) is 4.95. The first-order valence-electron chi connectivity index (χ1n) is 10.8. The summed E-state index contributed by atoms with van der Waals surface area (Å²) in [7, 11) is 0. The number of rotatable bonds is 6. The van der Waals surface area contributed by atoms with Gasteiger partial charge in [0.25, 0.3) is 0 Å². The SMILES string of the molecule is C[C@H](NC(=O)/C=C/c1ccc(Cl)cc1)c1cccc(N2CCN(c3ccccn3)CC2)c1. The van der Waals surface area contributed by atoms with Crippen molar-refractivity contribution in [2.24, 2.45) is 0 Å². The number of carbonyl (C=O) groups excluding carboxylic acids is 1. The molecule has 1 aliphatic heterocycles. The number of aromatic nitrogens is 1. The number of carbonyl (C=O) groups is 1. The van der Waals surface area contributed by atoms with Crippen LogP contribution in [0.25, 0.3) is 6.08 Å². The Labute approximate surface area is 194 Å². The van der Waals surface area contributed by atoms with Crippen LogP contribution in [0.3, 0.4) is 0 Å². The van der Waals surface area contributed by atoms with Crippen molar-refractivity contribution in [3.8, 4) is 0 Å². The minimum absolute atomic E-state index is 0.0906. The van der Waals surface area contributed by atoms with E-state index in [1.54, 1.807) is 12.2 Å². The second-order valence-electron chi connectivity index (χ2n) is 7.87. The van der Waals surface area contributed by atoms with Crippen molar-refractivity contribution in [3.05, 3.63) is 95.2 Å². The van der Waals surface area contributed by atoms with Crippen LogP contribution in [0.1, 0.15) is 24.1 Å². The first-order valence-corrected chi connectivity index (χ1v) is 11.2. The Balaban J connectivity index is 1.34. The van der Waals surface area contributed by atoms with Crippen molar-refractivity contribution < 1.29 is 4.79 Å². The summed E-state index contributed by atoms with van der Waals surface area (Å²) in [4.78, 5) is 21.5. The topological polar surface area (TPSA) is 48.5 Å². The van der Waals surface area contributed by atoms with E-state index >= 15 is 0 Å². The molecule has 1 atom stereocenters. The fourth-order valence-electron chi connectivity index (χ4n) is 3.82. The average molecular weight is 447 g/mol. The summed E-state index contributed by atoms with van der Waals surface area (Å²) < 4.78 is 0. The summed E-state index contributed by atoms with van der Waals surface area (Å²) in [6.45, 7) is 5.74. The average Bonchev–Trinajstić information content (AvgIpc) is 2.84. The third-order valence-corrected chi connectivity index (χ3v) is 5.90. The molecule has 164 valence electrons. The molecule has 2 aromatic carbocycles. The van der Waals surface area contributed by atoms with Crippen LogP contribution in [0, 0.1) is 0 Å². The zero-order chi connectivity index (χ0) is 22.3. The van der Waals surface area contributed by atoms with Gasteiger partial charge < -0.3 is 15.1 Å². The van der Waals surface area contributed by atoms with E-state index in [2.05, 4.69) is 50.4 Å². The van der Waals surface area contributed by atoms with Crippen molar-refractivity contribution >= 4 is 35.1 Å². The zero-order valence-electron chi connectivity index (χ0n) is 18.1. The van der Waals surface area contributed by atoms with Gasteiger partial charge in [0.1, 0.15) is 5.82 Å². The molecule has 1 N–H and O–H groups in total. The van der Waals surface area contributed by atoms with E-state index in [0.717, 1.165) is 43.1 Å². The summed E-state index contributed by atoms with van der Waals surface area (Å²) in [5, 5.41) is 3.73. The first kappa shape index (κ1) is 21.9. The van der Waals surface area contributed by atoms with Gasteiger partial charge >= 0.3 is 0 Å². The van der Waals surface area contributed by atoms with Crippen molar-refractivity contribution in [2.45, 2.75) is 13.0 Å². The molecule has 1 aliphatic rings. The lowest BCUT2D eigenvalue weighted by Crippen LogP contribution is -2.46. The fourth-order valence-corrected chi connectivity index (χ4v) is 3.94. The molecule has 2 heterocycles. The van der Waals surface area contributed by atoms with Gasteiger partial charge in [-0.05, 0) is 60.5 Å². The number of piperazine rings is 1. The highest BCUT2D eigenvalue weighted by Gasteiger charge is 2.19. The molecule has 0 bridgehead atoms. The summed E-state index contributed by atoms with van der Waals surface area (Å²) >= 11 is 5.90. The molecular formula is C26H27ClN4O.